The van der Waals surface area contributed by atoms with E-state index in [4.69, 9.17) is 9.97 Å². The standard InChI is InChI=1S/C27H27N5Si2/c1-33(2,3)32(27-25-26(30-21-31-27)29-20-19-28-25)34(22-13-7-4-8-14-22,23-15-9-5-10-16-23)24-17-11-6-12-18-24/h4-21H,1-3H3. The Morgan fingerprint density at radius 2 is 1.03 bits per heavy atom. The predicted octanol–water partition coefficient (Wildman–Crippen LogP) is 3.73. The molecule has 0 spiro atoms. The van der Waals surface area contributed by atoms with Crippen molar-refractivity contribution in [3.8, 4) is 0 Å². The third kappa shape index (κ3) is 3.72. The first-order valence-corrected chi connectivity index (χ1v) is 16.8. The number of anilines is 1. The smallest absolute Gasteiger partial charge is 0.246 e. The van der Waals surface area contributed by atoms with Crippen LogP contribution in [-0.2, 0) is 0 Å². The molecule has 5 rings (SSSR count). The van der Waals surface area contributed by atoms with E-state index in [1.807, 2.05) is 0 Å². The molecule has 0 amide bonds. The highest BCUT2D eigenvalue weighted by molar-refractivity contribution is 7.20. The molecule has 2 aromatic heterocycles. The molecule has 7 heteroatoms. The summed E-state index contributed by atoms with van der Waals surface area (Å²) in [4.78, 5) is 18.5. The first-order chi connectivity index (χ1) is 16.5. The van der Waals surface area contributed by atoms with Crippen LogP contribution in [0.15, 0.2) is 110 Å². The van der Waals surface area contributed by atoms with Crippen molar-refractivity contribution in [3.63, 3.8) is 0 Å². The van der Waals surface area contributed by atoms with Crippen LogP contribution in [0.4, 0.5) is 5.82 Å². The molecule has 0 N–H and O–H groups in total. The molecule has 0 fully saturated rings. The molecular weight excluding hydrogens is 451 g/mol. The largest absolute Gasteiger partial charge is 0.397 e. The minimum absolute atomic E-state index is 0.618. The van der Waals surface area contributed by atoms with Crippen LogP contribution >= 0.6 is 0 Å². The molecule has 2 heterocycles. The Kier molecular flexibility index (Phi) is 5.81. The number of rotatable bonds is 6. The molecule has 0 unspecified atom stereocenters. The molecule has 0 atom stereocenters. The number of benzene rings is 3. The van der Waals surface area contributed by atoms with Gasteiger partial charge in [0.2, 0.25) is 8.24 Å². The van der Waals surface area contributed by atoms with E-state index in [1.54, 1.807) is 18.7 Å². The van der Waals surface area contributed by atoms with Crippen LogP contribution in [0.2, 0.25) is 19.6 Å². The summed E-state index contributed by atoms with van der Waals surface area (Å²) in [6, 6.07) is 32.7. The van der Waals surface area contributed by atoms with Crippen molar-refractivity contribution in [1.82, 2.24) is 19.9 Å². The number of fused-ring (bicyclic) bond motifs is 1. The molecule has 34 heavy (non-hydrogen) atoms. The van der Waals surface area contributed by atoms with Crippen LogP contribution in [0, 0.1) is 0 Å². The fourth-order valence-electron chi connectivity index (χ4n) is 4.85. The summed E-state index contributed by atoms with van der Waals surface area (Å²) in [7, 11) is -4.90. The molecule has 5 nitrogen and oxygen atoms in total. The van der Waals surface area contributed by atoms with Gasteiger partial charge in [0.1, 0.15) is 25.9 Å². The van der Waals surface area contributed by atoms with E-state index in [1.165, 1.54) is 15.6 Å². The second kappa shape index (κ2) is 8.92. The fraction of sp³-hybridized carbons (Fsp3) is 0.111. The topological polar surface area (TPSA) is 54.8 Å². The molecule has 168 valence electrons. The van der Waals surface area contributed by atoms with Gasteiger partial charge in [-0.1, -0.05) is 111 Å². The lowest BCUT2D eigenvalue weighted by atomic mass is 10.3. The van der Waals surface area contributed by atoms with Gasteiger partial charge in [-0.05, 0) is 15.6 Å². The molecule has 0 aliphatic rings. The maximum Gasteiger partial charge on any atom is 0.246 e. The van der Waals surface area contributed by atoms with Crippen molar-refractivity contribution in [3.05, 3.63) is 110 Å². The van der Waals surface area contributed by atoms with Crippen molar-refractivity contribution in [1.29, 1.82) is 0 Å². The minimum Gasteiger partial charge on any atom is -0.397 e. The van der Waals surface area contributed by atoms with Crippen LogP contribution in [0.1, 0.15) is 0 Å². The van der Waals surface area contributed by atoms with E-state index >= 15 is 0 Å². The van der Waals surface area contributed by atoms with E-state index in [2.05, 4.69) is 125 Å². The van der Waals surface area contributed by atoms with Crippen LogP contribution in [0.5, 0.6) is 0 Å². The Morgan fingerprint density at radius 3 is 1.50 bits per heavy atom. The van der Waals surface area contributed by atoms with Gasteiger partial charge in [0.25, 0.3) is 0 Å². The van der Waals surface area contributed by atoms with Gasteiger partial charge in [0.15, 0.2) is 5.65 Å². The maximum absolute atomic E-state index is 4.90. The Labute approximate surface area is 202 Å². The van der Waals surface area contributed by atoms with Gasteiger partial charge in [-0.3, -0.25) is 0 Å². The normalized spacial score (nSPS) is 12.0. The molecular formula is C27H27N5Si2. The molecule has 0 bridgehead atoms. The summed E-state index contributed by atoms with van der Waals surface area (Å²) >= 11 is 0. The summed E-state index contributed by atoms with van der Waals surface area (Å²) in [5.74, 6) is 0.862. The second-order valence-corrected chi connectivity index (χ2v) is 18.1. The number of nitrogens with zero attached hydrogens (tertiary/aromatic N) is 5. The summed E-state index contributed by atoms with van der Waals surface area (Å²) in [6.45, 7) is 7.15. The Bertz CT molecular complexity index is 1290. The van der Waals surface area contributed by atoms with Crippen molar-refractivity contribution < 1.29 is 0 Å². The van der Waals surface area contributed by atoms with E-state index in [0.717, 1.165) is 11.3 Å². The molecule has 0 radical (unpaired) electrons. The van der Waals surface area contributed by atoms with E-state index in [0.29, 0.717) is 5.65 Å². The maximum atomic E-state index is 4.90. The third-order valence-corrected chi connectivity index (χ3v) is 15.0. The molecule has 3 aromatic carbocycles. The second-order valence-electron chi connectivity index (χ2n) is 9.24. The van der Waals surface area contributed by atoms with E-state index in [9.17, 15) is 0 Å². The lowest BCUT2D eigenvalue weighted by Gasteiger charge is -2.50. The third-order valence-electron chi connectivity index (χ3n) is 6.04. The SMILES string of the molecule is C[Si](C)(C)N(c1ncnc2nccnc12)[Si](c1ccccc1)(c1ccccc1)c1ccccc1. The van der Waals surface area contributed by atoms with E-state index < -0.39 is 16.5 Å². The molecule has 0 saturated carbocycles. The minimum atomic E-state index is -2.81. The highest BCUT2D eigenvalue weighted by Gasteiger charge is 2.51. The van der Waals surface area contributed by atoms with Gasteiger partial charge >= 0.3 is 0 Å². The van der Waals surface area contributed by atoms with Crippen LogP contribution in [-0.4, -0.2) is 36.4 Å². The first kappa shape index (κ1) is 22.1. The highest BCUT2D eigenvalue weighted by Crippen LogP contribution is 2.30. The monoisotopic (exact) mass is 477 g/mol. The van der Waals surface area contributed by atoms with Crippen molar-refractivity contribution >= 4 is 49.0 Å². The van der Waals surface area contributed by atoms with Crippen molar-refractivity contribution in [2.75, 3.05) is 4.23 Å². The summed E-state index contributed by atoms with van der Waals surface area (Å²) in [6.07, 6.45) is 5.04. The van der Waals surface area contributed by atoms with E-state index in [-0.39, 0.29) is 0 Å². The van der Waals surface area contributed by atoms with Crippen LogP contribution in [0.25, 0.3) is 11.2 Å². The highest BCUT2D eigenvalue weighted by atomic mass is 28.4. The van der Waals surface area contributed by atoms with Gasteiger partial charge < -0.3 is 4.23 Å². The zero-order valence-electron chi connectivity index (χ0n) is 19.6. The van der Waals surface area contributed by atoms with Gasteiger partial charge in [0.05, 0.1) is 0 Å². The Hall–Kier alpha value is -3.69. The Morgan fingerprint density at radius 1 is 0.559 bits per heavy atom. The molecule has 0 aliphatic carbocycles. The lowest BCUT2D eigenvalue weighted by Crippen LogP contribution is -2.82. The van der Waals surface area contributed by atoms with Gasteiger partial charge in [-0.15, -0.1) is 0 Å². The lowest BCUT2D eigenvalue weighted by molar-refractivity contribution is 1.13. The predicted molar refractivity (Wildman–Crippen MR) is 145 cm³/mol. The average molecular weight is 478 g/mol. The molecule has 0 aliphatic heterocycles. The zero-order valence-corrected chi connectivity index (χ0v) is 21.6. The summed E-state index contributed by atoms with van der Waals surface area (Å²) in [5.41, 5.74) is 1.36. The van der Waals surface area contributed by atoms with Crippen LogP contribution in [0.3, 0.4) is 0 Å². The van der Waals surface area contributed by atoms with Gasteiger partial charge in [0, 0.05) is 12.4 Å². The number of hydrogen-bond donors (Lipinski definition) is 0. The average Bonchev–Trinajstić information content (AvgIpc) is 2.88. The van der Waals surface area contributed by atoms with Gasteiger partial charge in [-0.25, -0.2) is 19.9 Å². The van der Waals surface area contributed by atoms with Crippen molar-refractivity contribution in [2.45, 2.75) is 19.6 Å². The number of aromatic nitrogens is 4. The van der Waals surface area contributed by atoms with Crippen molar-refractivity contribution in [2.24, 2.45) is 0 Å². The first-order valence-electron chi connectivity index (χ1n) is 11.4. The Balaban J connectivity index is 1.97. The quantitative estimate of drug-likeness (QED) is 0.276. The zero-order chi connectivity index (χ0) is 23.6. The summed E-state index contributed by atoms with van der Waals surface area (Å²) in [5, 5.41) is 3.93. The van der Waals surface area contributed by atoms with Crippen LogP contribution < -0.4 is 19.8 Å². The molecule has 0 saturated heterocycles. The number of hydrogen-bond acceptors (Lipinski definition) is 5. The summed E-state index contributed by atoms with van der Waals surface area (Å²) < 4.78 is 2.65. The molecule has 5 aromatic rings. The fourth-order valence-corrected chi connectivity index (χ4v) is 15.1. The van der Waals surface area contributed by atoms with Gasteiger partial charge in [-0.2, -0.15) is 0 Å².